The first-order valence-electron chi connectivity index (χ1n) is 6.47. The summed E-state index contributed by atoms with van der Waals surface area (Å²) in [6, 6.07) is 7.04. The Labute approximate surface area is 126 Å². The third-order valence-electron chi connectivity index (χ3n) is 2.77. The van der Waals surface area contributed by atoms with Crippen molar-refractivity contribution in [3.63, 3.8) is 0 Å². The first-order chi connectivity index (χ1) is 10.1. The number of ether oxygens (including phenoxy) is 2. The Morgan fingerprint density at radius 2 is 2.00 bits per heavy atom. The zero-order chi connectivity index (χ0) is 15.2. The Kier molecular flexibility index (Phi) is 5.21. The molecule has 0 radical (unpaired) electrons. The highest BCUT2D eigenvalue weighted by Gasteiger charge is 2.31. The molecule has 1 N–H and O–H groups in total. The maximum Gasteiger partial charge on any atom is 0.344 e. The average Bonchev–Trinajstić information content (AvgIpc) is 2.76. The van der Waals surface area contributed by atoms with E-state index in [2.05, 4.69) is 5.32 Å². The predicted octanol–water partition coefficient (Wildman–Crippen LogP) is 1.52. The largest absolute Gasteiger partial charge is 0.482 e. The van der Waals surface area contributed by atoms with Crippen LogP contribution in [0.4, 0.5) is 4.79 Å². The Hall–Kier alpha value is -2.02. The van der Waals surface area contributed by atoms with Gasteiger partial charge in [-0.25, -0.2) is 4.79 Å². The van der Waals surface area contributed by atoms with Gasteiger partial charge in [-0.05, 0) is 31.0 Å². The fourth-order valence-corrected chi connectivity index (χ4v) is 2.67. The minimum Gasteiger partial charge on any atom is -0.482 e. The van der Waals surface area contributed by atoms with Crippen molar-refractivity contribution in [3.05, 3.63) is 29.8 Å². The van der Waals surface area contributed by atoms with Crippen LogP contribution in [0.5, 0.6) is 5.75 Å². The Morgan fingerprint density at radius 1 is 1.29 bits per heavy atom. The minimum atomic E-state index is -0.417. The number of carbonyl (C=O) groups excluding carboxylic acids is 3. The number of imide groups is 1. The molecule has 1 aromatic rings. The van der Waals surface area contributed by atoms with Crippen LogP contribution in [0.2, 0.25) is 0 Å². The van der Waals surface area contributed by atoms with E-state index < -0.39 is 5.97 Å². The molecule has 0 spiro atoms. The van der Waals surface area contributed by atoms with E-state index >= 15 is 0 Å². The molecule has 0 bridgehead atoms. The van der Waals surface area contributed by atoms with Gasteiger partial charge in [0.05, 0.1) is 11.9 Å². The van der Waals surface area contributed by atoms with Gasteiger partial charge in [0.2, 0.25) is 5.91 Å². The zero-order valence-electron chi connectivity index (χ0n) is 11.5. The number of nitrogens with one attached hydrogen (secondary N) is 1. The summed E-state index contributed by atoms with van der Waals surface area (Å²) < 4.78 is 10.0. The molecule has 1 aliphatic rings. The van der Waals surface area contributed by atoms with Gasteiger partial charge in [-0.2, -0.15) is 0 Å². The van der Waals surface area contributed by atoms with Crippen molar-refractivity contribution >= 4 is 28.9 Å². The number of hydrogen-bond donors (Lipinski definition) is 1. The van der Waals surface area contributed by atoms with Crippen LogP contribution in [-0.2, 0) is 20.7 Å². The van der Waals surface area contributed by atoms with Gasteiger partial charge in [0.1, 0.15) is 5.75 Å². The van der Waals surface area contributed by atoms with Crippen molar-refractivity contribution < 1.29 is 23.9 Å². The molecule has 21 heavy (non-hydrogen) atoms. The minimum absolute atomic E-state index is 0.136. The summed E-state index contributed by atoms with van der Waals surface area (Å²) in [6.07, 6.45) is 0.473. The first kappa shape index (κ1) is 15.4. The van der Waals surface area contributed by atoms with Crippen LogP contribution in [0.3, 0.4) is 0 Å². The summed E-state index contributed by atoms with van der Waals surface area (Å²) in [4.78, 5) is 33.7. The Morgan fingerprint density at radius 3 is 2.57 bits per heavy atom. The Bertz CT molecular complexity index is 543. The van der Waals surface area contributed by atoms with Crippen molar-refractivity contribution in [3.8, 4) is 5.75 Å². The Balaban J connectivity index is 1.86. The van der Waals surface area contributed by atoms with E-state index in [1.807, 2.05) is 0 Å². The molecule has 0 aromatic heterocycles. The van der Waals surface area contributed by atoms with Crippen LogP contribution in [0.1, 0.15) is 12.5 Å². The number of amides is 2. The molecular formula is C14H15NO5S. The molecule has 1 aromatic carbocycles. The van der Waals surface area contributed by atoms with E-state index in [-0.39, 0.29) is 23.0 Å². The van der Waals surface area contributed by atoms with Gasteiger partial charge in [0.25, 0.3) is 5.24 Å². The summed E-state index contributed by atoms with van der Waals surface area (Å²) in [7, 11) is 0. The lowest BCUT2D eigenvalue weighted by molar-refractivity contribution is -0.145. The molecular weight excluding hydrogens is 294 g/mol. The van der Waals surface area contributed by atoms with Crippen LogP contribution in [-0.4, -0.2) is 35.6 Å². The fourth-order valence-electron chi connectivity index (χ4n) is 1.81. The third kappa shape index (κ3) is 4.49. The summed E-state index contributed by atoms with van der Waals surface area (Å²) in [6.45, 7) is 1.91. The van der Waals surface area contributed by atoms with E-state index in [1.54, 1.807) is 31.2 Å². The van der Waals surface area contributed by atoms with Crippen LogP contribution in [0.25, 0.3) is 0 Å². The first-order valence-corrected chi connectivity index (χ1v) is 7.35. The van der Waals surface area contributed by atoms with Gasteiger partial charge in [-0.15, -0.1) is 0 Å². The van der Waals surface area contributed by atoms with Gasteiger partial charge in [-0.3, -0.25) is 14.9 Å². The number of carbonyl (C=O) groups is 3. The van der Waals surface area contributed by atoms with E-state index in [4.69, 9.17) is 9.47 Å². The molecule has 1 saturated heterocycles. The molecule has 1 heterocycles. The molecule has 7 heteroatoms. The van der Waals surface area contributed by atoms with Crippen LogP contribution in [0, 0.1) is 0 Å². The van der Waals surface area contributed by atoms with Crippen molar-refractivity contribution in [2.45, 2.75) is 18.6 Å². The highest BCUT2D eigenvalue weighted by atomic mass is 32.2. The van der Waals surface area contributed by atoms with E-state index in [0.717, 1.165) is 17.3 Å². The lowest BCUT2D eigenvalue weighted by Crippen LogP contribution is -2.25. The number of esters is 1. The maximum absolute atomic E-state index is 11.5. The van der Waals surface area contributed by atoms with Crippen molar-refractivity contribution in [1.29, 1.82) is 0 Å². The molecule has 0 saturated carbocycles. The second-order valence-electron chi connectivity index (χ2n) is 4.32. The highest BCUT2D eigenvalue weighted by molar-refractivity contribution is 8.15. The quantitative estimate of drug-likeness (QED) is 0.802. The molecule has 2 amide bonds. The lowest BCUT2D eigenvalue weighted by atomic mass is 10.1. The van der Waals surface area contributed by atoms with E-state index in [1.165, 1.54) is 0 Å². The monoisotopic (exact) mass is 309 g/mol. The van der Waals surface area contributed by atoms with Crippen LogP contribution in [0.15, 0.2) is 24.3 Å². The van der Waals surface area contributed by atoms with Gasteiger partial charge >= 0.3 is 5.97 Å². The third-order valence-corrected chi connectivity index (χ3v) is 3.75. The van der Waals surface area contributed by atoms with Gasteiger partial charge in [-0.1, -0.05) is 23.9 Å². The second-order valence-corrected chi connectivity index (χ2v) is 5.50. The fraction of sp³-hybridized carbons (Fsp3) is 0.357. The van der Waals surface area contributed by atoms with Gasteiger partial charge < -0.3 is 9.47 Å². The smallest absolute Gasteiger partial charge is 0.344 e. The number of benzene rings is 1. The zero-order valence-corrected chi connectivity index (χ0v) is 12.3. The summed E-state index contributed by atoms with van der Waals surface area (Å²) in [5.74, 6) is -0.127. The molecule has 2 rings (SSSR count). The summed E-state index contributed by atoms with van der Waals surface area (Å²) in [5.41, 5.74) is 0.917. The SMILES string of the molecule is CCOC(=O)COc1ccc(C[C@H]2SC(=O)NC2=O)cc1. The predicted molar refractivity (Wildman–Crippen MR) is 77.2 cm³/mol. The normalized spacial score (nSPS) is 17.5. The summed E-state index contributed by atoms with van der Waals surface area (Å²) in [5, 5.41) is 1.56. The maximum atomic E-state index is 11.5. The molecule has 1 fully saturated rings. The molecule has 6 nitrogen and oxygen atoms in total. The van der Waals surface area contributed by atoms with Crippen molar-refractivity contribution in [2.75, 3.05) is 13.2 Å². The molecule has 0 unspecified atom stereocenters. The van der Waals surface area contributed by atoms with Crippen LogP contribution >= 0.6 is 11.8 Å². The highest BCUT2D eigenvalue weighted by Crippen LogP contribution is 2.23. The lowest BCUT2D eigenvalue weighted by Gasteiger charge is -2.08. The standard InChI is InChI=1S/C14H15NO5S/c1-2-19-12(16)8-20-10-5-3-9(4-6-10)7-11-13(17)15-14(18)21-11/h3-6,11H,2,7-8H2,1H3,(H,15,17,18)/t11-/m1/s1. The second kappa shape index (κ2) is 7.12. The van der Waals surface area contributed by atoms with Crippen molar-refractivity contribution in [2.24, 2.45) is 0 Å². The van der Waals surface area contributed by atoms with Gasteiger partial charge in [0, 0.05) is 0 Å². The summed E-state index contributed by atoms with van der Waals surface area (Å²) >= 11 is 1.00. The van der Waals surface area contributed by atoms with Crippen molar-refractivity contribution in [1.82, 2.24) is 5.32 Å². The number of hydrogen-bond acceptors (Lipinski definition) is 6. The topological polar surface area (TPSA) is 81.7 Å². The number of thioether (sulfide) groups is 1. The average molecular weight is 309 g/mol. The van der Waals surface area contributed by atoms with Crippen LogP contribution < -0.4 is 10.1 Å². The van der Waals surface area contributed by atoms with E-state index in [9.17, 15) is 14.4 Å². The molecule has 0 aliphatic carbocycles. The number of rotatable bonds is 6. The van der Waals surface area contributed by atoms with E-state index in [0.29, 0.717) is 18.8 Å². The molecule has 112 valence electrons. The molecule has 1 aliphatic heterocycles. The van der Waals surface area contributed by atoms with Gasteiger partial charge in [0.15, 0.2) is 6.61 Å². The molecule has 1 atom stereocenters.